The van der Waals surface area contributed by atoms with Gasteiger partial charge in [-0.1, -0.05) is 0 Å². The number of nitrogens with zero attached hydrogens (tertiary/aromatic N) is 1. The lowest BCUT2D eigenvalue weighted by Crippen LogP contribution is -2.32. The molecule has 4 atom stereocenters. The van der Waals surface area contributed by atoms with E-state index in [0.717, 1.165) is 0 Å². The maximum absolute atomic E-state index is 11.8. The summed E-state index contributed by atoms with van der Waals surface area (Å²) in [6.45, 7) is 10.4. The van der Waals surface area contributed by atoms with Crippen molar-refractivity contribution in [2.75, 3.05) is 42.2 Å². The first-order valence-corrected chi connectivity index (χ1v) is 15.0. The molecule has 0 aliphatic rings. The van der Waals surface area contributed by atoms with Gasteiger partial charge in [0, 0.05) is 46.7 Å². The molecule has 19 heteroatoms. The number of nitrogens with one attached hydrogen (secondary N) is 1. The van der Waals surface area contributed by atoms with Crippen molar-refractivity contribution in [1.29, 1.82) is 0 Å². The lowest BCUT2D eigenvalue weighted by Gasteiger charge is -2.28. The van der Waals surface area contributed by atoms with Gasteiger partial charge in [-0.25, -0.2) is 9.59 Å². The second-order valence-corrected chi connectivity index (χ2v) is 10.4. The van der Waals surface area contributed by atoms with E-state index in [1.165, 1.54) is 47.5 Å². The van der Waals surface area contributed by atoms with Gasteiger partial charge in [0.25, 0.3) is 12.4 Å². The molecule has 0 heterocycles. The minimum atomic E-state index is -2.20. The molecule has 4 unspecified atom stereocenters. The maximum atomic E-state index is 11.8. The lowest BCUT2D eigenvalue weighted by atomic mass is 10.1. The number of ether oxygens (including phenoxy) is 7. The molecule has 0 bridgehead atoms. The van der Waals surface area contributed by atoms with Crippen LogP contribution in [0, 0.1) is 0 Å². The maximum Gasteiger partial charge on any atom is 0.510 e. The molecular formula is C27H52FN2O15P. The van der Waals surface area contributed by atoms with Crippen LogP contribution in [0.15, 0.2) is 12.3 Å². The number of carbonyl (C=O) groups is 4. The van der Waals surface area contributed by atoms with Crippen LogP contribution < -0.4 is 5.32 Å². The molecule has 0 fully saturated rings. The van der Waals surface area contributed by atoms with Crippen LogP contribution in [-0.4, -0.2) is 120 Å². The van der Waals surface area contributed by atoms with Gasteiger partial charge in [0.05, 0.1) is 32.1 Å². The SMILES string of the molecule is CF.COC(COP(OC(C)OC(=O)OC(C)C)OC(C)OC(=O)OC(C)C)CC(C)N(C)/C=C\C(=O)NC=O.COC(O)OC. The van der Waals surface area contributed by atoms with Crippen LogP contribution in [-0.2, 0) is 56.3 Å². The molecule has 46 heavy (non-hydrogen) atoms. The van der Waals surface area contributed by atoms with Crippen LogP contribution >= 0.6 is 8.60 Å². The van der Waals surface area contributed by atoms with Gasteiger partial charge in [0.15, 0.2) is 0 Å². The number of halogens is 1. The first-order chi connectivity index (χ1) is 21.6. The average Bonchev–Trinajstić information content (AvgIpc) is 2.97. The molecule has 17 nitrogen and oxygen atoms in total. The Morgan fingerprint density at radius 1 is 0.826 bits per heavy atom. The zero-order chi connectivity index (χ0) is 36.2. The highest BCUT2D eigenvalue weighted by Gasteiger charge is 2.27. The third-order valence-corrected chi connectivity index (χ3v) is 6.02. The van der Waals surface area contributed by atoms with Crippen LogP contribution in [0.3, 0.4) is 0 Å². The molecule has 0 radical (unpaired) electrons. The van der Waals surface area contributed by atoms with E-state index in [4.69, 9.17) is 42.4 Å². The summed E-state index contributed by atoms with van der Waals surface area (Å²) in [5, 5.41) is 10.2. The Morgan fingerprint density at radius 2 is 1.28 bits per heavy atom. The minimum absolute atomic E-state index is 0.00203. The van der Waals surface area contributed by atoms with Crippen LogP contribution in [0.25, 0.3) is 0 Å². The van der Waals surface area contributed by atoms with Gasteiger partial charge in [-0.3, -0.25) is 28.3 Å². The Labute approximate surface area is 271 Å². The number of hydrogen-bond acceptors (Lipinski definition) is 16. The summed E-state index contributed by atoms with van der Waals surface area (Å²) >= 11 is 0. The standard InChI is InChI=1S/C23H41N2O12P.C3H8O3.CH3F/c1-15(2)32-22(28)34-18(6)36-38(37-19(7)35-23(29)33-16(3)4)31-13-20(30-9)12-17(5)25(8)11-10-21(27)24-14-26;1-5-3(4)6-2;1-2/h10-11,14-20H,12-13H2,1-9H3,(H,24,26,27);3-4H,1-2H3;1H3/b11-10-;;. The van der Waals surface area contributed by atoms with Gasteiger partial charge in [0.2, 0.25) is 19.0 Å². The van der Waals surface area contributed by atoms with Gasteiger partial charge in [-0.2, -0.15) is 0 Å². The van der Waals surface area contributed by atoms with Crippen molar-refractivity contribution < 1.29 is 75.4 Å². The monoisotopic (exact) mass is 694 g/mol. The average molecular weight is 695 g/mol. The van der Waals surface area contributed by atoms with Gasteiger partial charge in [-0.05, 0) is 54.9 Å². The summed E-state index contributed by atoms with van der Waals surface area (Å²) in [4.78, 5) is 47.1. The second kappa shape index (κ2) is 29.7. The summed E-state index contributed by atoms with van der Waals surface area (Å²) in [6, 6.07) is -0.0991. The molecule has 0 aromatic carbocycles. The fraction of sp³-hybridized carbons (Fsp3) is 0.778. The van der Waals surface area contributed by atoms with Gasteiger partial charge in [-0.15, -0.1) is 0 Å². The van der Waals surface area contributed by atoms with Crippen molar-refractivity contribution >= 4 is 33.2 Å². The summed E-state index contributed by atoms with van der Waals surface area (Å²) in [5.74, 6) is -0.548. The van der Waals surface area contributed by atoms with E-state index in [0.29, 0.717) is 20.0 Å². The normalized spacial score (nSPS) is 14.1. The van der Waals surface area contributed by atoms with Crippen LogP contribution in [0.4, 0.5) is 14.0 Å². The molecule has 0 saturated carbocycles. The fourth-order valence-corrected chi connectivity index (χ4v) is 3.57. The van der Waals surface area contributed by atoms with Crippen LogP contribution in [0.5, 0.6) is 0 Å². The largest absolute Gasteiger partial charge is 0.510 e. The predicted molar refractivity (Wildman–Crippen MR) is 162 cm³/mol. The Morgan fingerprint density at radius 3 is 1.63 bits per heavy atom. The van der Waals surface area contributed by atoms with Gasteiger partial charge >= 0.3 is 20.9 Å². The van der Waals surface area contributed by atoms with Crippen molar-refractivity contribution in [3.05, 3.63) is 12.3 Å². The molecule has 0 aliphatic carbocycles. The number of carbonyl (C=O) groups excluding carboxylic acids is 4. The summed E-state index contributed by atoms with van der Waals surface area (Å²) in [6.07, 6.45) is -1.80. The van der Waals surface area contributed by atoms with Crippen molar-refractivity contribution in [3.8, 4) is 0 Å². The first-order valence-electron chi connectivity index (χ1n) is 13.9. The number of aliphatic hydroxyl groups excluding tert-OH is 1. The molecule has 2 N–H and O–H groups in total. The van der Waals surface area contributed by atoms with E-state index in [2.05, 4.69) is 9.47 Å². The highest BCUT2D eigenvalue weighted by atomic mass is 31.2. The predicted octanol–water partition coefficient (Wildman–Crippen LogP) is 3.73. The number of methoxy groups -OCH3 is 3. The van der Waals surface area contributed by atoms with Crippen molar-refractivity contribution in [2.24, 2.45) is 0 Å². The third kappa shape index (κ3) is 28.8. The Kier molecular flexibility index (Phi) is 30.8. The molecule has 0 aromatic heterocycles. The number of rotatable bonds is 20. The van der Waals surface area contributed by atoms with E-state index >= 15 is 0 Å². The van der Waals surface area contributed by atoms with E-state index in [9.17, 15) is 23.6 Å². The highest BCUT2D eigenvalue weighted by Crippen LogP contribution is 2.43. The number of imide groups is 1. The summed E-state index contributed by atoms with van der Waals surface area (Å²) in [5.41, 5.74) is 0. The van der Waals surface area contributed by atoms with Gasteiger partial charge < -0.3 is 47.7 Å². The summed E-state index contributed by atoms with van der Waals surface area (Å²) in [7, 11) is 4.27. The molecule has 0 rings (SSSR count). The zero-order valence-corrected chi connectivity index (χ0v) is 29.5. The number of amides is 2. The zero-order valence-electron chi connectivity index (χ0n) is 28.6. The third-order valence-electron chi connectivity index (χ3n) is 4.72. The van der Waals surface area contributed by atoms with E-state index in [1.807, 2.05) is 12.2 Å². The van der Waals surface area contributed by atoms with Gasteiger partial charge in [0.1, 0.15) is 0 Å². The van der Waals surface area contributed by atoms with Crippen LogP contribution in [0.2, 0.25) is 0 Å². The number of alkyl halides is 1. The fourth-order valence-electron chi connectivity index (χ4n) is 2.54. The number of hydrogen-bond donors (Lipinski definition) is 2. The Balaban J connectivity index is -0.00000205. The van der Waals surface area contributed by atoms with Crippen molar-refractivity contribution in [3.63, 3.8) is 0 Å². The van der Waals surface area contributed by atoms with Crippen molar-refractivity contribution in [2.45, 2.75) is 98.3 Å². The summed E-state index contributed by atoms with van der Waals surface area (Å²) < 4.78 is 60.3. The van der Waals surface area contributed by atoms with E-state index in [-0.39, 0.29) is 24.9 Å². The molecule has 0 spiro atoms. The van der Waals surface area contributed by atoms with E-state index in [1.54, 1.807) is 39.6 Å². The molecule has 0 saturated heterocycles. The number of aliphatic hydroxyl groups is 1. The van der Waals surface area contributed by atoms with Crippen molar-refractivity contribution in [1.82, 2.24) is 10.2 Å². The van der Waals surface area contributed by atoms with E-state index < -0.39 is 52.0 Å². The van der Waals surface area contributed by atoms with Crippen LogP contribution in [0.1, 0.15) is 54.9 Å². The first kappa shape index (κ1) is 47.7. The molecule has 2 amide bonds. The molecule has 272 valence electrons. The molecule has 0 aliphatic heterocycles. The topological polar surface area (TPSA) is 196 Å². The lowest BCUT2D eigenvalue weighted by molar-refractivity contribution is -0.236. The second-order valence-electron chi connectivity index (χ2n) is 9.26. The highest BCUT2D eigenvalue weighted by molar-refractivity contribution is 7.41. The Bertz CT molecular complexity index is 805. The smallest absolute Gasteiger partial charge is 0.432 e. The molecular weight excluding hydrogens is 642 g/mol. The Hall–Kier alpha value is -2.70. The minimum Gasteiger partial charge on any atom is -0.432 e. The molecule has 0 aromatic rings. The quantitative estimate of drug-likeness (QED) is 0.0614.